The molecule has 0 bridgehead atoms. The van der Waals surface area contributed by atoms with Crippen molar-refractivity contribution in [2.75, 3.05) is 12.4 Å². The van der Waals surface area contributed by atoms with Gasteiger partial charge in [0.05, 0.1) is 12.8 Å². The number of aromatic nitrogens is 1. The zero-order valence-electron chi connectivity index (χ0n) is 12.1. The van der Waals surface area contributed by atoms with Gasteiger partial charge >= 0.3 is 6.09 Å². The Morgan fingerprint density at radius 2 is 2.00 bits per heavy atom. The minimum Gasteiger partial charge on any atom is -0.473 e. The van der Waals surface area contributed by atoms with E-state index in [1.54, 1.807) is 6.07 Å². The van der Waals surface area contributed by atoms with Crippen LogP contribution < -0.4 is 10.1 Å². The molecule has 1 N–H and O–H groups in total. The minimum absolute atomic E-state index is 0.320. The van der Waals surface area contributed by atoms with Crippen LogP contribution in [0.25, 0.3) is 0 Å². The molecule has 2 aromatic rings. The molecule has 1 aromatic carbocycles. The van der Waals surface area contributed by atoms with Gasteiger partial charge in [-0.15, -0.1) is 0 Å². The summed E-state index contributed by atoms with van der Waals surface area (Å²) < 4.78 is 10.3. The van der Waals surface area contributed by atoms with Crippen LogP contribution in [-0.4, -0.2) is 18.2 Å². The van der Waals surface area contributed by atoms with Crippen molar-refractivity contribution in [1.29, 1.82) is 0 Å². The summed E-state index contributed by atoms with van der Waals surface area (Å²) >= 11 is 0. The van der Waals surface area contributed by atoms with Gasteiger partial charge in [-0.05, 0) is 18.6 Å². The van der Waals surface area contributed by atoms with Gasteiger partial charge in [0.2, 0.25) is 5.88 Å². The van der Waals surface area contributed by atoms with Crippen molar-refractivity contribution in [2.24, 2.45) is 0 Å². The Bertz CT molecular complexity index is 614. The van der Waals surface area contributed by atoms with Crippen LogP contribution >= 0.6 is 0 Å². The van der Waals surface area contributed by atoms with E-state index >= 15 is 0 Å². The standard InChI is InChI=1S/C16H18N2O3/c1-3-13-8-6-10-15(17-13)21-11-12-7-4-5-9-14(12)18-16(19)20-2/h4-10H,3,11H2,1-2H3,(H,18,19). The molecule has 1 amide bonds. The maximum atomic E-state index is 11.3. The number of hydrogen-bond acceptors (Lipinski definition) is 4. The number of carbonyl (C=O) groups is 1. The molecule has 0 saturated carbocycles. The average Bonchev–Trinajstić information content (AvgIpc) is 2.54. The van der Waals surface area contributed by atoms with E-state index in [4.69, 9.17) is 4.74 Å². The van der Waals surface area contributed by atoms with Gasteiger partial charge in [-0.1, -0.05) is 31.2 Å². The molecule has 0 unspecified atom stereocenters. The number of benzene rings is 1. The van der Waals surface area contributed by atoms with Crippen LogP contribution in [0, 0.1) is 0 Å². The van der Waals surface area contributed by atoms with Crippen LogP contribution in [0.4, 0.5) is 10.5 Å². The summed E-state index contributed by atoms with van der Waals surface area (Å²) in [5, 5.41) is 2.66. The average molecular weight is 286 g/mol. The second-order valence-corrected chi connectivity index (χ2v) is 4.38. The van der Waals surface area contributed by atoms with Gasteiger partial charge in [0.1, 0.15) is 6.61 Å². The number of carbonyl (C=O) groups excluding carboxylic acids is 1. The van der Waals surface area contributed by atoms with Crippen LogP contribution in [-0.2, 0) is 17.8 Å². The van der Waals surface area contributed by atoms with Gasteiger partial charge < -0.3 is 9.47 Å². The Balaban J connectivity index is 2.07. The fraction of sp³-hybridized carbons (Fsp3) is 0.250. The molecule has 0 spiro atoms. The second-order valence-electron chi connectivity index (χ2n) is 4.38. The number of para-hydroxylation sites is 1. The van der Waals surface area contributed by atoms with Crippen LogP contribution in [0.2, 0.25) is 0 Å². The number of methoxy groups -OCH3 is 1. The molecule has 5 heteroatoms. The zero-order valence-corrected chi connectivity index (χ0v) is 12.1. The highest BCUT2D eigenvalue weighted by Gasteiger charge is 2.07. The Morgan fingerprint density at radius 3 is 2.76 bits per heavy atom. The van der Waals surface area contributed by atoms with Crippen molar-refractivity contribution in [1.82, 2.24) is 4.98 Å². The van der Waals surface area contributed by atoms with Gasteiger partial charge in [0.25, 0.3) is 0 Å². The number of nitrogens with one attached hydrogen (secondary N) is 1. The van der Waals surface area contributed by atoms with Gasteiger partial charge in [0, 0.05) is 17.3 Å². The molecule has 5 nitrogen and oxygen atoms in total. The van der Waals surface area contributed by atoms with E-state index in [0.717, 1.165) is 17.7 Å². The molecular formula is C16H18N2O3. The van der Waals surface area contributed by atoms with Crippen LogP contribution in [0.3, 0.4) is 0 Å². The number of hydrogen-bond donors (Lipinski definition) is 1. The molecule has 1 aromatic heterocycles. The monoisotopic (exact) mass is 286 g/mol. The first-order valence-corrected chi connectivity index (χ1v) is 6.74. The summed E-state index contributed by atoms with van der Waals surface area (Å²) in [4.78, 5) is 15.7. The summed E-state index contributed by atoms with van der Waals surface area (Å²) in [6.45, 7) is 2.36. The van der Waals surface area contributed by atoms with E-state index in [-0.39, 0.29) is 0 Å². The van der Waals surface area contributed by atoms with Gasteiger partial charge in [0.15, 0.2) is 0 Å². The van der Waals surface area contributed by atoms with Gasteiger partial charge in [-0.3, -0.25) is 5.32 Å². The summed E-state index contributed by atoms with van der Waals surface area (Å²) in [5.41, 5.74) is 2.50. The van der Waals surface area contributed by atoms with Crippen LogP contribution in [0.15, 0.2) is 42.5 Å². The highest BCUT2D eigenvalue weighted by atomic mass is 16.5. The predicted octanol–water partition coefficient (Wildman–Crippen LogP) is 3.40. The topological polar surface area (TPSA) is 60.5 Å². The van der Waals surface area contributed by atoms with Crippen molar-refractivity contribution in [3.05, 3.63) is 53.7 Å². The fourth-order valence-corrected chi connectivity index (χ4v) is 1.82. The normalized spacial score (nSPS) is 10.0. The quantitative estimate of drug-likeness (QED) is 0.915. The highest BCUT2D eigenvalue weighted by Crippen LogP contribution is 2.18. The molecule has 0 radical (unpaired) electrons. The van der Waals surface area contributed by atoms with Crippen LogP contribution in [0.1, 0.15) is 18.2 Å². The van der Waals surface area contributed by atoms with E-state index in [9.17, 15) is 4.79 Å². The molecule has 0 aliphatic heterocycles. The largest absolute Gasteiger partial charge is 0.473 e. The number of rotatable bonds is 5. The van der Waals surface area contributed by atoms with Crippen LogP contribution in [0.5, 0.6) is 5.88 Å². The first-order chi connectivity index (χ1) is 10.2. The predicted molar refractivity (Wildman–Crippen MR) is 80.4 cm³/mol. The highest BCUT2D eigenvalue weighted by molar-refractivity contribution is 5.85. The lowest BCUT2D eigenvalue weighted by Crippen LogP contribution is -2.13. The lowest BCUT2D eigenvalue weighted by Gasteiger charge is -2.11. The smallest absolute Gasteiger partial charge is 0.411 e. The number of pyridine rings is 1. The minimum atomic E-state index is -0.506. The third kappa shape index (κ3) is 4.21. The summed E-state index contributed by atoms with van der Waals surface area (Å²) in [7, 11) is 1.33. The second kappa shape index (κ2) is 7.28. The molecule has 1 heterocycles. The lowest BCUT2D eigenvalue weighted by atomic mass is 10.2. The first kappa shape index (κ1) is 14.8. The van der Waals surface area contributed by atoms with E-state index in [1.807, 2.05) is 43.3 Å². The third-order valence-electron chi connectivity index (χ3n) is 2.96. The Kier molecular flexibility index (Phi) is 5.15. The molecule has 0 saturated heterocycles. The molecule has 21 heavy (non-hydrogen) atoms. The third-order valence-corrected chi connectivity index (χ3v) is 2.96. The Labute approximate surface area is 123 Å². The number of aryl methyl sites for hydroxylation is 1. The molecule has 0 aliphatic rings. The number of anilines is 1. The fourth-order valence-electron chi connectivity index (χ4n) is 1.82. The number of amides is 1. The summed E-state index contributed by atoms with van der Waals surface area (Å²) in [5.74, 6) is 0.572. The number of ether oxygens (including phenoxy) is 2. The lowest BCUT2D eigenvalue weighted by molar-refractivity contribution is 0.187. The van der Waals surface area contributed by atoms with Crippen molar-refractivity contribution >= 4 is 11.8 Å². The van der Waals surface area contributed by atoms with E-state index in [0.29, 0.717) is 18.2 Å². The van der Waals surface area contributed by atoms with E-state index < -0.39 is 6.09 Å². The molecule has 0 fully saturated rings. The van der Waals surface area contributed by atoms with Crippen molar-refractivity contribution in [3.8, 4) is 5.88 Å². The van der Waals surface area contributed by atoms with E-state index in [2.05, 4.69) is 15.0 Å². The van der Waals surface area contributed by atoms with Crippen molar-refractivity contribution in [2.45, 2.75) is 20.0 Å². The Hall–Kier alpha value is -2.56. The van der Waals surface area contributed by atoms with Gasteiger partial charge in [-0.25, -0.2) is 9.78 Å². The van der Waals surface area contributed by atoms with Crippen molar-refractivity contribution < 1.29 is 14.3 Å². The van der Waals surface area contributed by atoms with E-state index in [1.165, 1.54) is 7.11 Å². The maximum Gasteiger partial charge on any atom is 0.411 e. The molecule has 110 valence electrons. The maximum absolute atomic E-state index is 11.3. The Morgan fingerprint density at radius 1 is 1.19 bits per heavy atom. The number of nitrogens with zero attached hydrogens (tertiary/aromatic N) is 1. The molecule has 0 aliphatic carbocycles. The first-order valence-electron chi connectivity index (χ1n) is 6.74. The zero-order chi connectivity index (χ0) is 15.1. The SMILES string of the molecule is CCc1cccc(OCc2ccccc2NC(=O)OC)n1. The molecule has 2 rings (SSSR count). The summed E-state index contributed by atoms with van der Waals surface area (Å²) in [6.07, 6.45) is 0.353. The molecular weight excluding hydrogens is 268 g/mol. The van der Waals surface area contributed by atoms with Gasteiger partial charge in [-0.2, -0.15) is 0 Å². The van der Waals surface area contributed by atoms with Crippen molar-refractivity contribution in [3.63, 3.8) is 0 Å². The summed E-state index contributed by atoms with van der Waals surface area (Å²) in [6, 6.07) is 13.1. The molecule has 0 atom stereocenters.